The van der Waals surface area contributed by atoms with Gasteiger partial charge in [-0.25, -0.2) is 9.78 Å². The van der Waals surface area contributed by atoms with Crippen molar-refractivity contribution in [3.8, 4) is 16.9 Å². The van der Waals surface area contributed by atoms with Crippen LogP contribution in [0.15, 0.2) is 59.5 Å². The Morgan fingerprint density at radius 1 is 1.05 bits per heavy atom. The Morgan fingerprint density at radius 3 is 2.39 bits per heavy atom. The van der Waals surface area contributed by atoms with E-state index in [0.29, 0.717) is 32.0 Å². The van der Waals surface area contributed by atoms with Gasteiger partial charge in [-0.3, -0.25) is 4.79 Å². The van der Waals surface area contributed by atoms with E-state index in [1.54, 1.807) is 37.2 Å². The number of aromatic nitrogens is 2. The van der Waals surface area contributed by atoms with Crippen LogP contribution in [0.4, 0.5) is 10.8 Å². The van der Waals surface area contributed by atoms with Crippen LogP contribution in [0.2, 0.25) is 0 Å². The van der Waals surface area contributed by atoms with Crippen LogP contribution < -0.4 is 15.2 Å². The molecule has 0 saturated carbocycles. The number of ether oxygens (including phenoxy) is 3. The maximum Gasteiger partial charge on any atom is 0.341 e. The summed E-state index contributed by atoms with van der Waals surface area (Å²) < 4.78 is 18.8. The van der Waals surface area contributed by atoms with Crippen molar-refractivity contribution in [2.24, 2.45) is 0 Å². The zero-order chi connectivity index (χ0) is 28.9. The van der Waals surface area contributed by atoms with Crippen molar-refractivity contribution in [2.45, 2.75) is 12.5 Å². The molecular formula is C30H34N4O6S. The molecular weight excluding hydrogens is 544 g/mol. The first-order chi connectivity index (χ1) is 19.9. The predicted octanol–water partition coefficient (Wildman–Crippen LogP) is 4.14. The Hall–Kier alpha value is -3.77. The molecule has 1 atom stereocenters. The Bertz CT molecular complexity index is 1560. The van der Waals surface area contributed by atoms with E-state index in [0.717, 1.165) is 51.8 Å². The summed E-state index contributed by atoms with van der Waals surface area (Å²) in [7, 11) is 5.08. The maximum absolute atomic E-state index is 12.8. The van der Waals surface area contributed by atoms with E-state index in [1.165, 1.54) is 12.3 Å². The van der Waals surface area contributed by atoms with Gasteiger partial charge in [0.2, 0.25) is 0 Å². The molecule has 41 heavy (non-hydrogen) atoms. The van der Waals surface area contributed by atoms with Gasteiger partial charge in [-0.15, -0.1) is 0 Å². The molecule has 4 aromatic rings. The monoisotopic (exact) mass is 578 g/mol. The summed E-state index contributed by atoms with van der Waals surface area (Å²) in [6.45, 7) is 4.23. The summed E-state index contributed by atoms with van der Waals surface area (Å²) in [6.07, 6.45) is 2.61. The van der Waals surface area contributed by atoms with Crippen LogP contribution in [0.5, 0.6) is 0 Å². The molecule has 11 heteroatoms. The predicted molar refractivity (Wildman–Crippen MR) is 161 cm³/mol. The molecule has 5 rings (SSSR count). The molecule has 0 aliphatic carbocycles. The number of nitrogens with zero attached hydrogens (tertiary/aromatic N) is 4. The van der Waals surface area contributed by atoms with Gasteiger partial charge in [0.25, 0.3) is 0 Å². The Morgan fingerprint density at radius 2 is 1.76 bits per heavy atom. The van der Waals surface area contributed by atoms with Gasteiger partial charge in [0.05, 0.1) is 35.2 Å². The molecule has 2 aromatic carbocycles. The third kappa shape index (κ3) is 6.28. The first-order valence-corrected chi connectivity index (χ1v) is 14.3. The normalized spacial score (nSPS) is 15.1. The standard InChI is InChI=1S/C30H34N4O6S/c1-38-14-12-32(13-15-39-2)30-31-25-9-8-22(16-28(25)41-30)34-19-24(29(36)37)27(35)17-26(34)20-4-6-21(7-5-20)33-11-10-23(18-33)40-3/h4-9,16-17,19,23H,10-15,18H2,1-3H3,(H,36,37)/t23-/m1/s1. The number of thiazole rings is 1. The average molecular weight is 579 g/mol. The number of carboxylic acids is 1. The molecule has 1 aliphatic rings. The van der Waals surface area contributed by atoms with Crippen LogP contribution in [-0.2, 0) is 14.2 Å². The summed E-state index contributed by atoms with van der Waals surface area (Å²) in [5, 5.41) is 10.6. The molecule has 1 aliphatic heterocycles. The molecule has 0 unspecified atom stereocenters. The van der Waals surface area contributed by atoms with Crippen molar-refractivity contribution in [1.82, 2.24) is 9.55 Å². The molecule has 1 N–H and O–H groups in total. The number of rotatable bonds is 12. The zero-order valence-corrected chi connectivity index (χ0v) is 24.2. The van der Waals surface area contributed by atoms with E-state index in [1.807, 2.05) is 42.5 Å². The van der Waals surface area contributed by atoms with Crippen LogP contribution in [0.25, 0.3) is 27.2 Å². The van der Waals surface area contributed by atoms with Gasteiger partial charge in [-0.2, -0.15) is 0 Å². The van der Waals surface area contributed by atoms with Crippen molar-refractivity contribution in [3.63, 3.8) is 0 Å². The lowest BCUT2D eigenvalue weighted by Gasteiger charge is -2.20. The number of hydrogen-bond acceptors (Lipinski definition) is 9. The number of carbonyl (C=O) groups is 1. The highest BCUT2D eigenvalue weighted by molar-refractivity contribution is 7.22. The number of anilines is 2. The number of pyridine rings is 1. The van der Waals surface area contributed by atoms with E-state index >= 15 is 0 Å². The van der Waals surface area contributed by atoms with E-state index in [4.69, 9.17) is 19.2 Å². The zero-order valence-electron chi connectivity index (χ0n) is 23.4. The largest absolute Gasteiger partial charge is 0.477 e. The molecule has 0 amide bonds. The van der Waals surface area contributed by atoms with E-state index in [9.17, 15) is 14.7 Å². The second kappa shape index (κ2) is 12.8. The highest BCUT2D eigenvalue weighted by atomic mass is 32.1. The van der Waals surface area contributed by atoms with Crippen molar-refractivity contribution in [1.29, 1.82) is 0 Å². The van der Waals surface area contributed by atoms with Crippen LogP contribution in [0.1, 0.15) is 16.8 Å². The molecule has 0 bridgehead atoms. The Kier molecular flexibility index (Phi) is 8.99. The minimum atomic E-state index is -1.26. The first kappa shape index (κ1) is 28.7. The third-order valence-corrected chi connectivity index (χ3v) is 8.41. The lowest BCUT2D eigenvalue weighted by Crippen LogP contribution is -2.30. The summed E-state index contributed by atoms with van der Waals surface area (Å²) in [4.78, 5) is 33.9. The summed E-state index contributed by atoms with van der Waals surface area (Å²) in [5.74, 6) is -1.26. The van der Waals surface area contributed by atoms with Crippen molar-refractivity contribution < 1.29 is 24.1 Å². The summed E-state index contributed by atoms with van der Waals surface area (Å²) in [5.41, 5.74) is 3.23. The topological polar surface area (TPSA) is 106 Å². The van der Waals surface area contributed by atoms with E-state index in [-0.39, 0.29) is 11.7 Å². The Labute approximate surface area is 242 Å². The quantitative estimate of drug-likeness (QED) is 0.266. The minimum Gasteiger partial charge on any atom is -0.477 e. The molecule has 2 aromatic heterocycles. The molecule has 10 nitrogen and oxygen atoms in total. The summed E-state index contributed by atoms with van der Waals surface area (Å²) in [6, 6.07) is 15.2. The van der Waals surface area contributed by atoms with E-state index < -0.39 is 11.4 Å². The van der Waals surface area contributed by atoms with Gasteiger partial charge >= 0.3 is 5.97 Å². The van der Waals surface area contributed by atoms with Crippen molar-refractivity contribution in [2.75, 3.05) is 70.5 Å². The maximum atomic E-state index is 12.8. The van der Waals surface area contributed by atoms with Crippen molar-refractivity contribution >= 4 is 38.3 Å². The second-order valence-corrected chi connectivity index (χ2v) is 10.9. The van der Waals surface area contributed by atoms with Crippen LogP contribution >= 0.6 is 11.3 Å². The van der Waals surface area contributed by atoms with E-state index in [2.05, 4.69) is 9.80 Å². The first-order valence-electron chi connectivity index (χ1n) is 13.4. The number of methoxy groups -OCH3 is 3. The smallest absolute Gasteiger partial charge is 0.341 e. The third-order valence-electron chi connectivity index (χ3n) is 7.33. The number of hydrogen-bond donors (Lipinski definition) is 1. The van der Waals surface area contributed by atoms with Gasteiger partial charge in [-0.05, 0) is 42.3 Å². The van der Waals surface area contributed by atoms with Crippen LogP contribution in [0, 0.1) is 0 Å². The van der Waals surface area contributed by atoms with Crippen LogP contribution in [-0.4, -0.2) is 87.5 Å². The fourth-order valence-corrected chi connectivity index (χ4v) is 6.07. The van der Waals surface area contributed by atoms with Gasteiger partial charge < -0.3 is 33.7 Å². The molecule has 216 valence electrons. The average Bonchev–Trinajstić information content (AvgIpc) is 3.64. The fourth-order valence-electron chi connectivity index (χ4n) is 5.02. The van der Waals surface area contributed by atoms with Crippen LogP contribution in [0.3, 0.4) is 0 Å². The van der Waals surface area contributed by atoms with Gasteiger partial charge in [0, 0.05) is 71.1 Å². The minimum absolute atomic E-state index is 0.220. The number of benzene rings is 2. The number of aromatic carboxylic acids is 1. The molecule has 0 spiro atoms. The lowest BCUT2D eigenvalue weighted by molar-refractivity contribution is 0.0695. The molecule has 3 heterocycles. The summed E-state index contributed by atoms with van der Waals surface area (Å²) >= 11 is 1.55. The molecule has 0 radical (unpaired) electrons. The lowest BCUT2D eigenvalue weighted by atomic mass is 10.1. The second-order valence-electron chi connectivity index (χ2n) is 9.87. The highest BCUT2D eigenvalue weighted by Gasteiger charge is 2.23. The molecule has 1 fully saturated rings. The number of fused-ring (bicyclic) bond motifs is 1. The van der Waals surface area contributed by atoms with Gasteiger partial charge in [-0.1, -0.05) is 23.5 Å². The highest BCUT2D eigenvalue weighted by Crippen LogP contribution is 2.32. The van der Waals surface area contributed by atoms with Gasteiger partial charge in [0.15, 0.2) is 10.6 Å². The molecule has 1 saturated heterocycles. The van der Waals surface area contributed by atoms with Crippen molar-refractivity contribution in [3.05, 3.63) is 70.5 Å². The Balaban J connectivity index is 1.53. The SMILES string of the molecule is COCCN(CCOC)c1nc2ccc(-n3cc(C(=O)O)c(=O)cc3-c3ccc(N4CC[C@@H](OC)C4)cc3)cc2s1. The fraction of sp³-hybridized carbons (Fsp3) is 0.367. The van der Waals surface area contributed by atoms with Gasteiger partial charge in [0.1, 0.15) is 5.56 Å². The number of carboxylic acid groups (broad SMARTS) is 1.